The van der Waals surface area contributed by atoms with Crippen molar-refractivity contribution in [3.63, 3.8) is 0 Å². The smallest absolute Gasteiger partial charge is 0.258 e. The molecule has 170 valence electrons. The quantitative estimate of drug-likeness (QED) is 0.193. The first-order chi connectivity index (χ1) is 16.4. The number of rotatable bonds is 7. The molecule has 0 saturated carbocycles. The summed E-state index contributed by atoms with van der Waals surface area (Å²) in [7, 11) is 0. The predicted molar refractivity (Wildman–Crippen MR) is 133 cm³/mol. The van der Waals surface area contributed by atoms with E-state index in [4.69, 9.17) is 23.2 Å². The molecular weight excluding hydrogens is 479 g/mol. The molecule has 0 amide bonds. The zero-order valence-electron chi connectivity index (χ0n) is 17.4. The van der Waals surface area contributed by atoms with E-state index < -0.39 is 9.85 Å². The summed E-state index contributed by atoms with van der Waals surface area (Å²) in [5.41, 5.74) is 0.840. The molecule has 4 rings (SSSR count). The van der Waals surface area contributed by atoms with Gasteiger partial charge in [0.15, 0.2) is 0 Å². The Kier molecular flexibility index (Phi) is 6.62. The van der Waals surface area contributed by atoms with Crippen LogP contribution in [0.4, 0.5) is 34.1 Å². The number of hydrogen-bond donors (Lipinski definition) is 0. The van der Waals surface area contributed by atoms with Crippen molar-refractivity contribution in [2.75, 3.05) is 10.0 Å². The molecule has 0 N–H and O–H groups in total. The normalized spacial score (nSPS) is 10.5. The van der Waals surface area contributed by atoms with Gasteiger partial charge in [-0.25, -0.2) is 10.0 Å². The van der Waals surface area contributed by atoms with Crippen LogP contribution in [0.2, 0.25) is 10.0 Å². The average Bonchev–Trinajstić information content (AvgIpc) is 2.84. The van der Waals surface area contributed by atoms with Crippen LogP contribution in [0.1, 0.15) is 0 Å². The molecule has 0 aliphatic heterocycles. The first kappa shape index (κ1) is 23.0. The van der Waals surface area contributed by atoms with E-state index in [2.05, 4.69) is 0 Å². The van der Waals surface area contributed by atoms with E-state index in [0.29, 0.717) is 11.4 Å². The van der Waals surface area contributed by atoms with Gasteiger partial charge in [-0.2, -0.15) is 0 Å². The summed E-state index contributed by atoms with van der Waals surface area (Å²) < 4.78 is 0. The van der Waals surface area contributed by atoms with Gasteiger partial charge in [-0.3, -0.25) is 20.2 Å². The number of hydrazine groups is 1. The molecule has 0 unspecified atom stereocenters. The number of anilines is 4. The fraction of sp³-hybridized carbons (Fsp3) is 0. The van der Waals surface area contributed by atoms with Crippen LogP contribution < -0.4 is 10.0 Å². The summed E-state index contributed by atoms with van der Waals surface area (Å²) in [5, 5.41) is 27.5. The van der Waals surface area contributed by atoms with Crippen molar-refractivity contribution < 1.29 is 9.85 Å². The number of nitrogens with zero attached hydrogens (tertiary/aromatic N) is 4. The minimum atomic E-state index is -0.545. The fourth-order valence-electron chi connectivity index (χ4n) is 3.51. The third-order valence-electron chi connectivity index (χ3n) is 4.93. The molecule has 0 aromatic heterocycles. The van der Waals surface area contributed by atoms with Crippen LogP contribution in [0.25, 0.3) is 0 Å². The largest absolute Gasteiger partial charge is 0.296 e. The van der Waals surface area contributed by atoms with Gasteiger partial charge < -0.3 is 0 Å². The Bertz CT molecular complexity index is 1250. The average molecular weight is 495 g/mol. The van der Waals surface area contributed by atoms with Crippen LogP contribution in [-0.4, -0.2) is 9.85 Å². The van der Waals surface area contributed by atoms with Gasteiger partial charge in [-0.05, 0) is 48.5 Å². The van der Waals surface area contributed by atoms with E-state index in [1.807, 2.05) is 0 Å². The van der Waals surface area contributed by atoms with Crippen molar-refractivity contribution in [1.82, 2.24) is 0 Å². The van der Waals surface area contributed by atoms with E-state index in [1.165, 1.54) is 36.4 Å². The van der Waals surface area contributed by atoms with Crippen LogP contribution >= 0.6 is 23.2 Å². The molecule has 4 aromatic rings. The van der Waals surface area contributed by atoms with Gasteiger partial charge in [0.1, 0.15) is 11.4 Å². The van der Waals surface area contributed by atoms with Crippen molar-refractivity contribution >= 4 is 57.3 Å². The highest BCUT2D eigenvalue weighted by atomic mass is 35.5. The van der Waals surface area contributed by atoms with E-state index in [9.17, 15) is 20.2 Å². The lowest BCUT2D eigenvalue weighted by atomic mass is 10.2. The lowest BCUT2D eigenvalue weighted by molar-refractivity contribution is -0.384. The second kappa shape index (κ2) is 9.78. The van der Waals surface area contributed by atoms with Crippen molar-refractivity contribution in [2.45, 2.75) is 0 Å². The first-order valence-electron chi connectivity index (χ1n) is 9.95. The van der Waals surface area contributed by atoms with E-state index in [1.54, 1.807) is 70.7 Å². The third-order valence-corrected chi connectivity index (χ3v) is 5.40. The number of para-hydroxylation sites is 2. The van der Waals surface area contributed by atoms with Crippen molar-refractivity contribution in [3.05, 3.63) is 127 Å². The van der Waals surface area contributed by atoms with Gasteiger partial charge in [-0.1, -0.05) is 59.6 Å². The number of hydrogen-bond acceptors (Lipinski definition) is 6. The van der Waals surface area contributed by atoms with Gasteiger partial charge in [-0.15, -0.1) is 0 Å². The van der Waals surface area contributed by atoms with Crippen molar-refractivity contribution in [3.8, 4) is 0 Å². The zero-order valence-corrected chi connectivity index (χ0v) is 18.9. The predicted octanol–water partition coefficient (Wildman–Crippen LogP) is 7.70. The monoisotopic (exact) mass is 494 g/mol. The molecule has 0 spiro atoms. The SMILES string of the molecule is O=[N+]([O-])c1cc(Cl)ccc1N(c1ccccc1)N(c1ccccc1)c1ccc(Cl)cc1[N+](=O)[O-]. The number of nitro groups is 2. The molecule has 4 aromatic carbocycles. The Morgan fingerprint density at radius 3 is 1.24 bits per heavy atom. The lowest BCUT2D eigenvalue weighted by Crippen LogP contribution is -2.36. The molecule has 0 aliphatic rings. The molecule has 0 atom stereocenters. The van der Waals surface area contributed by atoms with Crippen LogP contribution in [0, 0.1) is 20.2 Å². The van der Waals surface area contributed by atoms with E-state index in [0.717, 1.165) is 0 Å². The summed E-state index contributed by atoms with van der Waals surface area (Å²) in [5.74, 6) is 0. The Balaban J connectivity index is 2.09. The highest BCUT2D eigenvalue weighted by Crippen LogP contribution is 2.44. The second-order valence-electron chi connectivity index (χ2n) is 7.07. The molecule has 0 saturated heterocycles. The van der Waals surface area contributed by atoms with Gasteiger partial charge in [0, 0.05) is 22.2 Å². The number of benzene rings is 4. The molecule has 0 fully saturated rings. The molecule has 0 radical (unpaired) electrons. The summed E-state index contributed by atoms with van der Waals surface area (Å²) in [6.45, 7) is 0. The Morgan fingerprint density at radius 2 is 0.912 bits per heavy atom. The summed E-state index contributed by atoms with van der Waals surface area (Å²) in [6, 6.07) is 26.2. The molecule has 10 heteroatoms. The lowest BCUT2D eigenvalue weighted by Gasteiger charge is -2.37. The molecule has 8 nitrogen and oxygen atoms in total. The maximum absolute atomic E-state index is 12.0. The minimum absolute atomic E-state index is 0.161. The topological polar surface area (TPSA) is 92.8 Å². The zero-order chi connectivity index (χ0) is 24.2. The maximum atomic E-state index is 12.0. The number of nitro benzene ring substituents is 2. The van der Waals surface area contributed by atoms with Gasteiger partial charge >= 0.3 is 0 Å². The summed E-state index contributed by atoms with van der Waals surface area (Å²) >= 11 is 12.1. The van der Waals surface area contributed by atoms with Gasteiger partial charge in [0.25, 0.3) is 11.4 Å². The third kappa shape index (κ3) is 4.63. The maximum Gasteiger partial charge on any atom is 0.296 e. The summed E-state index contributed by atoms with van der Waals surface area (Å²) in [4.78, 5) is 22.9. The van der Waals surface area contributed by atoms with Gasteiger partial charge in [0.05, 0.1) is 21.2 Å². The standard InChI is InChI=1S/C24H16Cl2N4O4/c25-17-11-13-21(23(15-17)29(31)32)27(19-7-3-1-4-8-19)28(20-9-5-2-6-10-20)22-14-12-18(26)16-24(22)30(33)34/h1-16H. The fourth-order valence-corrected chi connectivity index (χ4v) is 3.84. The van der Waals surface area contributed by atoms with E-state index in [-0.39, 0.29) is 32.8 Å². The Hall–Kier alpha value is -4.14. The molecule has 0 aliphatic carbocycles. The molecule has 0 bridgehead atoms. The van der Waals surface area contributed by atoms with Crippen LogP contribution in [-0.2, 0) is 0 Å². The van der Waals surface area contributed by atoms with Gasteiger partial charge in [0.2, 0.25) is 0 Å². The minimum Gasteiger partial charge on any atom is -0.258 e. The van der Waals surface area contributed by atoms with Crippen LogP contribution in [0.3, 0.4) is 0 Å². The molecular formula is C24H16Cl2N4O4. The highest BCUT2D eigenvalue weighted by Gasteiger charge is 2.31. The number of halogens is 2. The molecule has 0 heterocycles. The van der Waals surface area contributed by atoms with Crippen molar-refractivity contribution in [1.29, 1.82) is 0 Å². The molecule has 34 heavy (non-hydrogen) atoms. The van der Waals surface area contributed by atoms with Crippen LogP contribution in [0.5, 0.6) is 0 Å². The summed E-state index contributed by atoms with van der Waals surface area (Å²) in [6.07, 6.45) is 0. The van der Waals surface area contributed by atoms with E-state index >= 15 is 0 Å². The Morgan fingerprint density at radius 1 is 0.559 bits per heavy atom. The first-order valence-corrected chi connectivity index (χ1v) is 10.7. The van der Waals surface area contributed by atoms with Crippen molar-refractivity contribution in [2.24, 2.45) is 0 Å². The highest BCUT2D eigenvalue weighted by molar-refractivity contribution is 6.31. The Labute approximate surface area is 204 Å². The van der Waals surface area contributed by atoms with Crippen LogP contribution in [0.15, 0.2) is 97.1 Å². The second-order valence-corrected chi connectivity index (χ2v) is 7.95.